The highest BCUT2D eigenvalue weighted by atomic mass is 19.1. The third-order valence-corrected chi connectivity index (χ3v) is 4.24. The number of rotatable bonds is 5. The van der Waals surface area contributed by atoms with Gasteiger partial charge in [0.15, 0.2) is 5.69 Å². The topological polar surface area (TPSA) is 137 Å². The van der Waals surface area contributed by atoms with Crippen molar-refractivity contribution in [1.82, 2.24) is 30.7 Å². The fourth-order valence-electron chi connectivity index (χ4n) is 2.71. The zero-order chi connectivity index (χ0) is 22.0. The summed E-state index contributed by atoms with van der Waals surface area (Å²) in [6, 6.07) is 10.2. The predicted molar refractivity (Wildman–Crippen MR) is 105 cm³/mol. The number of nitrogen functional groups attached to an aromatic ring is 1. The predicted octanol–water partition coefficient (Wildman–Crippen LogP) is 2.25. The van der Waals surface area contributed by atoms with Crippen LogP contribution in [0.3, 0.4) is 0 Å². The Hall–Kier alpha value is -4.48. The molecule has 0 atom stereocenters. The third kappa shape index (κ3) is 3.99. The Morgan fingerprint density at radius 1 is 1.19 bits per heavy atom. The molecule has 0 radical (unpaired) electrons. The van der Waals surface area contributed by atoms with Crippen LogP contribution < -0.4 is 11.2 Å². The van der Waals surface area contributed by atoms with E-state index in [1.165, 1.54) is 10.7 Å². The van der Waals surface area contributed by atoms with Crippen molar-refractivity contribution in [3.63, 3.8) is 0 Å². The number of carbonyl (C=O) groups is 1. The first-order chi connectivity index (χ1) is 14.9. The van der Waals surface area contributed by atoms with E-state index in [0.29, 0.717) is 11.6 Å². The van der Waals surface area contributed by atoms with E-state index < -0.39 is 17.5 Å². The minimum Gasteiger partial charge on any atom is -0.378 e. The maximum atomic E-state index is 13.7. The van der Waals surface area contributed by atoms with E-state index in [1.54, 1.807) is 12.1 Å². The average molecular weight is 424 g/mol. The van der Waals surface area contributed by atoms with E-state index >= 15 is 0 Å². The molecule has 31 heavy (non-hydrogen) atoms. The Labute approximate surface area is 173 Å². The van der Waals surface area contributed by atoms with Crippen molar-refractivity contribution < 1.29 is 18.2 Å². The van der Waals surface area contributed by atoms with Crippen LogP contribution in [0.4, 0.5) is 14.6 Å². The molecule has 2 aromatic carbocycles. The lowest BCUT2D eigenvalue weighted by Gasteiger charge is -2.06. The number of carbonyl (C=O) groups excluding carboxylic acids is 1. The van der Waals surface area contributed by atoms with Gasteiger partial charge in [0.05, 0.1) is 6.21 Å². The first kappa shape index (κ1) is 19.8. The van der Waals surface area contributed by atoms with E-state index in [-0.39, 0.29) is 28.6 Å². The normalized spacial score (nSPS) is 11.2. The van der Waals surface area contributed by atoms with Gasteiger partial charge in [0.1, 0.15) is 17.3 Å². The minimum atomic E-state index is -0.821. The fraction of sp³-hybridized carbons (Fsp3) is 0.0526. The average Bonchev–Trinajstić information content (AvgIpc) is 3.36. The number of halogens is 2. The second kappa shape index (κ2) is 8.10. The van der Waals surface area contributed by atoms with Crippen LogP contribution in [0.15, 0.2) is 52.2 Å². The molecule has 0 saturated carbocycles. The second-order valence-electron chi connectivity index (χ2n) is 6.40. The molecular formula is C19H14F2N8O2. The van der Waals surface area contributed by atoms with Crippen molar-refractivity contribution in [3.8, 4) is 17.1 Å². The van der Waals surface area contributed by atoms with E-state index in [0.717, 1.165) is 17.8 Å². The summed E-state index contributed by atoms with van der Waals surface area (Å²) in [6.07, 6.45) is 1.04. The van der Waals surface area contributed by atoms with Crippen LogP contribution in [0, 0.1) is 18.6 Å². The highest BCUT2D eigenvalue weighted by Gasteiger charge is 2.25. The summed E-state index contributed by atoms with van der Waals surface area (Å²) in [6.45, 7) is 1.91. The van der Waals surface area contributed by atoms with Crippen LogP contribution in [-0.4, -0.2) is 37.4 Å². The molecule has 0 aliphatic heterocycles. The summed E-state index contributed by atoms with van der Waals surface area (Å²) in [7, 11) is 0. The van der Waals surface area contributed by atoms with Crippen LogP contribution in [0.5, 0.6) is 0 Å². The summed E-state index contributed by atoms with van der Waals surface area (Å²) >= 11 is 0. The largest absolute Gasteiger partial charge is 0.378 e. The Balaban J connectivity index is 1.68. The molecule has 2 aromatic heterocycles. The molecule has 4 aromatic rings. The van der Waals surface area contributed by atoms with Gasteiger partial charge in [-0.25, -0.2) is 18.8 Å². The van der Waals surface area contributed by atoms with Gasteiger partial charge in [-0.1, -0.05) is 35.0 Å². The number of nitrogens with one attached hydrogen (secondary N) is 1. The maximum Gasteiger partial charge on any atom is 0.294 e. The number of nitrogens with zero attached hydrogens (tertiary/aromatic N) is 6. The molecule has 0 aliphatic rings. The molecule has 10 nitrogen and oxygen atoms in total. The van der Waals surface area contributed by atoms with E-state index in [1.807, 2.05) is 19.1 Å². The van der Waals surface area contributed by atoms with Crippen molar-refractivity contribution in [1.29, 1.82) is 0 Å². The standard InChI is InChI=1S/C19H14F2N8O2/c1-10-2-4-11(5-3-10)16-15(24-28-29(16)18-17(22)26-31-27-18)19(30)25-23-9-12-6-7-13(20)8-14(12)21/h2-9H,1H3,(H2,22,26)(H,25,30)/b23-9-. The van der Waals surface area contributed by atoms with Crippen molar-refractivity contribution in [3.05, 3.63) is 70.9 Å². The SMILES string of the molecule is Cc1ccc(-c2c(C(=O)N/N=C\c3ccc(F)cc3F)nnn2-c2nonc2N)cc1. The van der Waals surface area contributed by atoms with Gasteiger partial charge in [0.25, 0.3) is 5.91 Å². The summed E-state index contributed by atoms with van der Waals surface area (Å²) in [5.74, 6) is -2.26. The van der Waals surface area contributed by atoms with E-state index in [4.69, 9.17) is 5.73 Å². The Morgan fingerprint density at radius 2 is 1.97 bits per heavy atom. The van der Waals surface area contributed by atoms with Gasteiger partial charge < -0.3 is 5.73 Å². The lowest BCUT2D eigenvalue weighted by atomic mass is 10.1. The van der Waals surface area contributed by atoms with Crippen LogP contribution in [-0.2, 0) is 0 Å². The number of hydrogen-bond acceptors (Lipinski definition) is 8. The molecule has 3 N–H and O–H groups in total. The number of anilines is 1. The van der Waals surface area contributed by atoms with Crippen LogP contribution in [0.1, 0.15) is 21.6 Å². The van der Waals surface area contributed by atoms with Crippen molar-refractivity contribution >= 4 is 17.9 Å². The van der Waals surface area contributed by atoms with Crippen molar-refractivity contribution in [2.45, 2.75) is 6.92 Å². The third-order valence-electron chi connectivity index (χ3n) is 4.24. The molecule has 4 rings (SSSR count). The first-order valence-electron chi connectivity index (χ1n) is 8.83. The zero-order valence-electron chi connectivity index (χ0n) is 16.0. The molecule has 0 saturated heterocycles. The molecule has 12 heteroatoms. The van der Waals surface area contributed by atoms with Crippen LogP contribution in [0.25, 0.3) is 17.1 Å². The van der Waals surface area contributed by atoms with Gasteiger partial charge in [0, 0.05) is 17.2 Å². The highest BCUT2D eigenvalue weighted by molar-refractivity contribution is 5.98. The van der Waals surface area contributed by atoms with Gasteiger partial charge in [-0.2, -0.15) is 9.78 Å². The fourth-order valence-corrected chi connectivity index (χ4v) is 2.71. The number of aromatic nitrogens is 5. The monoisotopic (exact) mass is 424 g/mol. The maximum absolute atomic E-state index is 13.7. The van der Waals surface area contributed by atoms with E-state index in [2.05, 4.69) is 35.8 Å². The molecule has 0 aliphatic carbocycles. The molecule has 2 heterocycles. The number of nitrogens with two attached hydrogens (primary N) is 1. The number of hydrogen-bond donors (Lipinski definition) is 2. The summed E-state index contributed by atoms with van der Waals surface area (Å²) in [5.41, 5.74) is 9.76. The van der Waals surface area contributed by atoms with Crippen molar-refractivity contribution in [2.75, 3.05) is 5.73 Å². The van der Waals surface area contributed by atoms with Crippen LogP contribution in [0.2, 0.25) is 0 Å². The summed E-state index contributed by atoms with van der Waals surface area (Å²) < 4.78 is 32.5. The van der Waals surface area contributed by atoms with Gasteiger partial charge in [-0.05, 0) is 29.4 Å². The molecule has 0 unspecified atom stereocenters. The smallest absolute Gasteiger partial charge is 0.294 e. The number of amides is 1. The second-order valence-corrected chi connectivity index (χ2v) is 6.40. The van der Waals surface area contributed by atoms with E-state index in [9.17, 15) is 13.6 Å². The first-order valence-corrected chi connectivity index (χ1v) is 8.83. The lowest BCUT2D eigenvalue weighted by Crippen LogP contribution is -2.19. The minimum absolute atomic E-state index is 0.00874. The molecule has 0 fully saturated rings. The van der Waals surface area contributed by atoms with Crippen LogP contribution >= 0.6 is 0 Å². The molecule has 156 valence electrons. The molecule has 1 amide bonds. The van der Waals surface area contributed by atoms with Crippen molar-refractivity contribution in [2.24, 2.45) is 5.10 Å². The number of aryl methyl sites for hydroxylation is 1. The summed E-state index contributed by atoms with van der Waals surface area (Å²) in [4.78, 5) is 12.7. The number of benzene rings is 2. The zero-order valence-corrected chi connectivity index (χ0v) is 16.0. The molecular weight excluding hydrogens is 410 g/mol. The Bertz CT molecular complexity index is 1280. The van der Waals surface area contributed by atoms with Gasteiger partial charge in [0.2, 0.25) is 11.6 Å². The van der Waals surface area contributed by atoms with Gasteiger partial charge >= 0.3 is 0 Å². The Kier molecular flexibility index (Phi) is 5.18. The number of hydrazone groups is 1. The van der Waals surface area contributed by atoms with Gasteiger partial charge in [-0.3, -0.25) is 4.79 Å². The molecule has 0 spiro atoms. The summed E-state index contributed by atoms with van der Waals surface area (Å²) in [5, 5.41) is 18.8. The quantitative estimate of drug-likeness (QED) is 0.370. The van der Waals surface area contributed by atoms with Gasteiger partial charge in [-0.15, -0.1) is 5.10 Å². The lowest BCUT2D eigenvalue weighted by molar-refractivity contribution is 0.0950. The Morgan fingerprint density at radius 3 is 2.65 bits per heavy atom. The highest BCUT2D eigenvalue weighted by Crippen LogP contribution is 2.26. The molecule has 0 bridgehead atoms.